The van der Waals surface area contributed by atoms with Gasteiger partial charge in [0.1, 0.15) is 5.75 Å². The number of carbonyl (C=O) groups excluding carboxylic acids is 3. The lowest BCUT2D eigenvalue weighted by atomic mass is 9.76. The first kappa shape index (κ1) is 27.6. The molecule has 3 atom stereocenters. The summed E-state index contributed by atoms with van der Waals surface area (Å²) < 4.78 is 5.43. The zero-order chi connectivity index (χ0) is 29.6. The third kappa shape index (κ3) is 5.04. The number of likely N-dealkylation sites (tertiary alicyclic amines) is 2. The van der Waals surface area contributed by atoms with Gasteiger partial charge in [0, 0.05) is 53.9 Å². The molecule has 1 N–H and O–H groups in total. The van der Waals surface area contributed by atoms with Crippen molar-refractivity contribution in [2.24, 2.45) is 11.3 Å². The molecule has 4 heterocycles. The van der Waals surface area contributed by atoms with Gasteiger partial charge in [-0.3, -0.25) is 14.4 Å². The summed E-state index contributed by atoms with van der Waals surface area (Å²) in [6.07, 6.45) is 4.11. The van der Waals surface area contributed by atoms with Crippen molar-refractivity contribution in [3.63, 3.8) is 0 Å². The van der Waals surface area contributed by atoms with E-state index in [1.165, 1.54) is 0 Å². The first-order chi connectivity index (χ1) is 20.1. The number of rotatable bonds is 7. The van der Waals surface area contributed by atoms with Crippen molar-refractivity contribution >= 4 is 28.5 Å². The maximum atomic E-state index is 13.9. The number of benzene rings is 2. The molecule has 0 radical (unpaired) electrons. The predicted octanol–water partition coefficient (Wildman–Crippen LogP) is 4.99. The summed E-state index contributed by atoms with van der Waals surface area (Å²) in [5.74, 6) is 0.0283. The van der Waals surface area contributed by atoms with Gasteiger partial charge in [0.15, 0.2) is 5.78 Å². The molecule has 0 aliphatic carbocycles. The van der Waals surface area contributed by atoms with Gasteiger partial charge in [0.2, 0.25) is 11.7 Å². The number of aromatic amines is 1. The van der Waals surface area contributed by atoms with Crippen LogP contribution in [0.1, 0.15) is 54.7 Å². The average Bonchev–Trinajstić information content (AvgIpc) is 3.73. The third-order valence-corrected chi connectivity index (χ3v) is 8.61. The van der Waals surface area contributed by atoms with Crippen LogP contribution in [0.3, 0.4) is 0 Å². The molecule has 9 nitrogen and oxygen atoms in total. The number of nitrogens with one attached hydrogen (secondary N) is 1. The number of fused-ring (bicyclic) bond motifs is 3. The van der Waals surface area contributed by atoms with E-state index in [1.807, 2.05) is 80.3 Å². The Morgan fingerprint density at radius 1 is 0.976 bits per heavy atom. The van der Waals surface area contributed by atoms with Crippen molar-refractivity contribution in [2.75, 3.05) is 20.2 Å². The number of amides is 2. The average molecular weight is 566 g/mol. The van der Waals surface area contributed by atoms with E-state index in [4.69, 9.17) is 4.74 Å². The SMILES string of the molecule is COc1ccccc1-c1cnc(C(=O)N2C[C@@H]3C[C@H]2CN3C(=O)[C@@H](CC(=O)c2cc3ccccc3[nH]2)C(C)(C)C)nc1. The molecule has 216 valence electrons. The van der Waals surface area contributed by atoms with E-state index >= 15 is 0 Å². The van der Waals surface area contributed by atoms with Crippen LogP contribution in [-0.4, -0.2) is 74.6 Å². The Kier molecular flexibility index (Phi) is 7.04. The van der Waals surface area contributed by atoms with E-state index in [0.29, 0.717) is 31.0 Å². The first-order valence-electron chi connectivity index (χ1n) is 14.3. The van der Waals surface area contributed by atoms with Gasteiger partial charge in [0.05, 0.1) is 30.8 Å². The molecule has 6 rings (SSSR count). The second-order valence-corrected chi connectivity index (χ2v) is 12.3. The first-order valence-corrected chi connectivity index (χ1v) is 14.3. The number of H-pyrrole nitrogens is 1. The molecule has 2 saturated heterocycles. The number of ketones is 1. The highest BCUT2D eigenvalue weighted by atomic mass is 16.5. The topological polar surface area (TPSA) is 108 Å². The lowest BCUT2D eigenvalue weighted by molar-refractivity contribution is -0.141. The van der Waals surface area contributed by atoms with Crippen molar-refractivity contribution in [3.05, 3.63) is 78.5 Å². The van der Waals surface area contributed by atoms with Gasteiger partial charge in [-0.2, -0.15) is 0 Å². The maximum Gasteiger partial charge on any atom is 0.292 e. The molecule has 2 aromatic carbocycles. The highest BCUT2D eigenvalue weighted by Crippen LogP contribution is 2.38. The van der Waals surface area contributed by atoms with Crippen LogP contribution in [0.5, 0.6) is 5.75 Å². The van der Waals surface area contributed by atoms with E-state index in [1.54, 1.807) is 24.4 Å². The number of piperazine rings is 1. The van der Waals surface area contributed by atoms with E-state index in [9.17, 15) is 14.4 Å². The predicted molar refractivity (Wildman–Crippen MR) is 159 cm³/mol. The number of aromatic nitrogens is 3. The summed E-state index contributed by atoms with van der Waals surface area (Å²) in [7, 11) is 1.61. The molecule has 2 aliphatic heterocycles. The van der Waals surface area contributed by atoms with Gasteiger partial charge >= 0.3 is 0 Å². The summed E-state index contributed by atoms with van der Waals surface area (Å²) >= 11 is 0. The number of ether oxygens (including phenoxy) is 1. The molecule has 2 aliphatic rings. The standard InChI is InChI=1S/C33H35N5O4/c1-33(2,3)25(15-28(39)27-13-20-9-5-7-11-26(20)36-27)31(40)37-18-23-14-22(37)19-38(23)32(41)30-34-16-21(17-35-30)24-10-6-8-12-29(24)42-4/h5-13,16-17,22-23,25,36H,14-15,18-19H2,1-4H3/t22-,23-,25+/m0/s1. The van der Waals surface area contributed by atoms with Gasteiger partial charge in [-0.15, -0.1) is 0 Å². The third-order valence-electron chi connectivity index (χ3n) is 8.61. The fourth-order valence-corrected chi connectivity index (χ4v) is 6.26. The van der Waals surface area contributed by atoms with Gasteiger partial charge < -0.3 is 19.5 Å². The highest BCUT2D eigenvalue weighted by Gasteiger charge is 2.50. The quantitative estimate of drug-likeness (QED) is 0.316. The van der Waals surface area contributed by atoms with Crippen LogP contribution in [0.4, 0.5) is 0 Å². The molecule has 0 saturated carbocycles. The van der Waals surface area contributed by atoms with E-state index in [0.717, 1.165) is 22.0 Å². The molecule has 2 aromatic heterocycles. The Bertz CT molecular complexity index is 1620. The Morgan fingerprint density at radius 3 is 2.31 bits per heavy atom. The van der Waals surface area contributed by atoms with Gasteiger partial charge in [-0.05, 0) is 30.0 Å². The molecule has 4 aromatic rings. The van der Waals surface area contributed by atoms with Crippen LogP contribution < -0.4 is 4.74 Å². The van der Waals surface area contributed by atoms with Crippen molar-refractivity contribution in [3.8, 4) is 16.9 Å². The molecular formula is C33H35N5O4. The Hall–Kier alpha value is -4.53. The van der Waals surface area contributed by atoms with Crippen LogP contribution in [0, 0.1) is 11.3 Å². The normalized spacial score (nSPS) is 18.9. The zero-order valence-electron chi connectivity index (χ0n) is 24.3. The Morgan fingerprint density at radius 2 is 1.64 bits per heavy atom. The summed E-state index contributed by atoms with van der Waals surface area (Å²) in [6.45, 7) is 6.89. The zero-order valence-corrected chi connectivity index (χ0v) is 24.3. The van der Waals surface area contributed by atoms with E-state index in [-0.39, 0.29) is 41.9 Å². The number of Topliss-reactive ketones (excluding diaryl/α,β-unsaturated/α-hetero) is 1. The van der Waals surface area contributed by atoms with Crippen LogP contribution >= 0.6 is 0 Å². The number of methoxy groups -OCH3 is 1. The van der Waals surface area contributed by atoms with Crippen molar-refractivity contribution in [1.29, 1.82) is 0 Å². The largest absolute Gasteiger partial charge is 0.496 e. The Labute approximate surface area is 244 Å². The Balaban J connectivity index is 1.13. The second-order valence-electron chi connectivity index (χ2n) is 12.3. The minimum absolute atomic E-state index is 0.0241. The minimum atomic E-state index is -0.481. The number of carbonyl (C=O) groups is 3. The van der Waals surface area contributed by atoms with Crippen LogP contribution in [0.25, 0.3) is 22.0 Å². The van der Waals surface area contributed by atoms with Crippen LogP contribution in [0.2, 0.25) is 0 Å². The molecule has 0 unspecified atom stereocenters. The monoisotopic (exact) mass is 565 g/mol. The second kappa shape index (κ2) is 10.7. The summed E-state index contributed by atoms with van der Waals surface area (Å²) in [4.78, 5) is 56.2. The van der Waals surface area contributed by atoms with Crippen molar-refractivity contribution < 1.29 is 19.1 Å². The van der Waals surface area contributed by atoms with Crippen LogP contribution in [0.15, 0.2) is 67.0 Å². The van der Waals surface area contributed by atoms with E-state index in [2.05, 4.69) is 15.0 Å². The molecule has 42 heavy (non-hydrogen) atoms. The van der Waals surface area contributed by atoms with Gasteiger partial charge in [-0.25, -0.2) is 9.97 Å². The molecule has 2 fully saturated rings. The summed E-state index contributed by atoms with van der Waals surface area (Å²) in [6, 6.07) is 17.0. The number of nitrogens with zero attached hydrogens (tertiary/aromatic N) is 4. The molecule has 2 amide bonds. The molecular weight excluding hydrogens is 530 g/mol. The number of para-hydroxylation sites is 2. The van der Waals surface area contributed by atoms with Gasteiger partial charge in [0.25, 0.3) is 5.91 Å². The number of hydrogen-bond donors (Lipinski definition) is 1. The fourth-order valence-electron chi connectivity index (χ4n) is 6.26. The van der Waals surface area contributed by atoms with Crippen molar-refractivity contribution in [1.82, 2.24) is 24.8 Å². The van der Waals surface area contributed by atoms with Gasteiger partial charge in [-0.1, -0.05) is 57.2 Å². The van der Waals surface area contributed by atoms with Crippen LogP contribution in [-0.2, 0) is 4.79 Å². The lowest BCUT2D eigenvalue weighted by Gasteiger charge is -2.38. The smallest absolute Gasteiger partial charge is 0.292 e. The van der Waals surface area contributed by atoms with E-state index < -0.39 is 11.3 Å². The number of hydrogen-bond acceptors (Lipinski definition) is 6. The highest BCUT2D eigenvalue weighted by molar-refractivity contribution is 6.01. The summed E-state index contributed by atoms with van der Waals surface area (Å²) in [5.41, 5.74) is 2.63. The maximum absolute atomic E-state index is 13.9. The fraction of sp³-hybridized carbons (Fsp3) is 0.364. The lowest BCUT2D eigenvalue weighted by Crippen LogP contribution is -2.53. The summed E-state index contributed by atoms with van der Waals surface area (Å²) in [5, 5.41) is 0.972. The molecule has 2 bridgehead atoms. The van der Waals surface area contributed by atoms with Crippen molar-refractivity contribution in [2.45, 2.75) is 45.7 Å². The molecule has 0 spiro atoms. The minimum Gasteiger partial charge on any atom is -0.496 e. The molecule has 9 heteroatoms.